The summed E-state index contributed by atoms with van der Waals surface area (Å²) in [6.07, 6.45) is 4.06. The molecule has 94 valence electrons. The van der Waals surface area contributed by atoms with Crippen molar-refractivity contribution in [2.75, 3.05) is 18.9 Å². The summed E-state index contributed by atoms with van der Waals surface area (Å²) in [7, 11) is 0. The lowest BCUT2D eigenvalue weighted by Crippen LogP contribution is -2.17. The van der Waals surface area contributed by atoms with Crippen LogP contribution >= 0.6 is 11.8 Å². The Labute approximate surface area is 111 Å². The first-order valence-corrected chi connectivity index (χ1v) is 7.10. The van der Waals surface area contributed by atoms with Gasteiger partial charge in [-0.1, -0.05) is 0 Å². The summed E-state index contributed by atoms with van der Waals surface area (Å²) in [5, 5.41) is 1.68. The molecule has 3 nitrogen and oxygen atoms in total. The fourth-order valence-electron chi connectivity index (χ4n) is 2.24. The first-order valence-electron chi connectivity index (χ1n) is 6.22. The topological polar surface area (TPSA) is 48.1 Å². The minimum atomic E-state index is 0.632. The number of anilines is 1. The summed E-state index contributed by atoms with van der Waals surface area (Å²) in [5.74, 6) is 0. The van der Waals surface area contributed by atoms with E-state index in [4.69, 9.17) is 10.5 Å². The molecule has 0 radical (unpaired) electrons. The number of nitrogen functional groups attached to an aromatic ring is 1. The summed E-state index contributed by atoms with van der Waals surface area (Å²) in [4.78, 5) is 5.70. The standard InChI is InChI=1S/C14H16N2OS/c15-12-3-4-13(14-11(12)2-1-7-16-14)18-10-5-8-17-9-6-10/h1-4,7,10H,5-6,8-9,15H2. The van der Waals surface area contributed by atoms with Crippen molar-refractivity contribution in [1.82, 2.24) is 4.98 Å². The number of aromatic nitrogens is 1. The number of ether oxygens (including phenoxy) is 1. The predicted molar refractivity (Wildman–Crippen MR) is 75.9 cm³/mol. The van der Waals surface area contributed by atoms with Crippen LogP contribution in [0.15, 0.2) is 35.4 Å². The third kappa shape index (κ3) is 2.31. The van der Waals surface area contributed by atoms with E-state index in [9.17, 15) is 0 Å². The van der Waals surface area contributed by atoms with Crippen molar-refractivity contribution in [3.8, 4) is 0 Å². The average molecular weight is 260 g/mol. The van der Waals surface area contributed by atoms with Crippen LogP contribution in [0.1, 0.15) is 12.8 Å². The lowest BCUT2D eigenvalue weighted by molar-refractivity contribution is 0.100. The third-order valence-corrected chi connectivity index (χ3v) is 4.62. The molecule has 0 atom stereocenters. The molecule has 18 heavy (non-hydrogen) atoms. The number of hydrogen-bond acceptors (Lipinski definition) is 4. The Morgan fingerprint density at radius 1 is 1.22 bits per heavy atom. The van der Waals surface area contributed by atoms with Gasteiger partial charge in [-0.2, -0.15) is 0 Å². The van der Waals surface area contributed by atoms with E-state index in [0.29, 0.717) is 5.25 Å². The second-order valence-electron chi connectivity index (χ2n) is 4.48. The predicted octanol–water partition coefficient (Wildman–Crippen LogP) is 3.09. The molecule has 1 aromatic heterocycles. The molecule has 1 aromatic carbocycles. The van der Waals surface area contributed by atoms with Crippen LogP contribution in [-0.2, 0) is 4.74 Å². The van der Waals surface area contributed by atoms with Crippen LogP contribution in [0.5, 0.6) is 0 Å². The summed E-state index contributed by atoms with van der Waals surface area (Å²) >= 11 is 1.90. The van der Waals surface area contributed by atoms with Crippen LogP contribution in [0.4, 0.5) is 5.69 Å². The number of pyridine rings is 1. The van der Waals surface area contributed by atoms with Crippen LogP contribution in [0.3, 0.4) is 0 Å². The molecular formula is C14H16N2OS. The molecule has 4 heteroatoms. The molecule has 1 aliphatic rings. The van der Waals surface area contributed by atoms with Crippen molar-refractivity contribution in [2.24, 2.45) is 0 Å². The molecule has 0 saturated carbocycles. The van der Waals surface area contributed by atoms with E-state index in [1.54, 1.807) is 0 Å². The van der Waals surface area contributed by atoms with Gasteiger partial charge in [0.15, 0.2) is 0 Å². The summed E-state index contributed by atoms with van der Waals surface area (Å²) in [5.41, 5.74) is 7.81. The lowest BCUT2D eigenvalue weighted by Gasteiger charge is -2.21. The SMILES string of the molecule is Nc1ccc(SC2CCOCC2)c2ncccc12. The normalized spacial score (nSPS) is 17.1. The Morgan fingerprint density at radius 3 is 2.89 bits per heavy atom. The van der Waals surface area contributed by atoms with Gasteiger partial charge in [-0.25, -0.2) is 0 Å². The van der Waals surface area contributed by atoms with Crippen LogP contribution in [0, 0.1) is 0 Å². The Hall–Kier alpha value is -1.26. The summed E-state index contributed by atoms with van der Waals surface area (Å²) in [6, 6.07) is 8.03. The van der Waals surface area contributed by atoms with Crippen LogP contribution in [0.25, 0.3) is 10.9 Å². The molecule has 0 aliphatic carbocycles. The van der Waals surface area contributed by atoms with Gasteiger partial charge in [0, 0.05) is 40.6 Å². The van der Waals surface area contributed by atoms with Crippen LogP contribution < -0.4 is 5.73 Å². The first-order chi connectivity index (χ1) is 8.84. The zero-order chi connectivity index (χ0) is 12.4. The number of fused-ring (bicyclic) bond motifs is 1. The molecule has 2 aromatic rings. The third-order valence-electron chi connectivity index (χ3n) is 3.23. The van der Waals surface area contributed by atoms with E-state index in [-0.39, 0.29) is 0 Å². The van der Waals surface area contributed by atoms with Crippen LogP contribution in [-0.4, -0.2) is 23.4 Å². The van der Waals surface area contributed by atoms with Gasteiger partial charge in [0.25, 0.3) is 0 Å². The molecule has 3 rings (SSSR count). The molecular weight excluding hydrogens is 244 g/mol. The molecule has 1 saturated heterocycles. The maximum Gasteiger partial charge on any atom is 0.0858 e. The first kappa shape index (κ1) is 11.8. The van der Waals surface area contributed by atoms with E-state index >= 15 is 0 Å². The van der Waals surface area contributed by atoms with Gasteiger partial charge in [-0.05, 0) is 37.1 Å². The number of nitrogens with zero attached hydrogens (tertiary/aromatic N) is 1. The maximum absolute atomic E-state index is 5.99. The van der Waals surface area contributed by atoms with Crippen molar-refractivity contribution in [3.05, 3.63) is 30.5 Å². The Morgan fingerprint density at radius 2 is 2.06 bits per heavy atom. The van der Waals surface area contributed by atoms with Crippen molar-refractivity contribution >= 4 is 28.4 Å². The van der Waals surface area contributed by atoms with Crippen molar-refractivity contribution in [3.63, 3.8) is 0 Å². The van der Waals surface area contributed by atoms with E-state index in [2.05, 4.69) is 11.1 Å². The fraction of sp³-hybridized carbons (Fsp3) is 0.357. The number of thioether (sulfide) groups is 1. The van der Waals surface area contributed by atoms with Crippen LogP contribution in [0.2, 0.25) is 0 Å². The second kappa shape index (κ2) is 5.16. The van der Waals surface area contributed by atoms with Crippen molar-refractivity contribution in [1.29, 1.82) is 0 Å². The highest BCUT2D eigenvalue weighted by Crippen LogP contribution is 2.35. The molecule has 0 bridgehead atoms. The molecule has 1 aliphatic heterocycles. The number of benzene rings is 1. The minimum Gasteiger partial charge on any atom is -0.398 e. The quantitative estimate of drug-likeness (QED) is 0.843. The van der Waals surface area contributed by atoms with Crippen molar-refractivity contribution < 1.29 is 4.74 Å². The number of nitrogens with two attached hydrogens (primary N) is 1. The summed E-state index contributed by atoms with van der Waals surface area (Å²) in [6.45, 7) is 1.75. The van der Waals surface area contributed by atoms with Gasteiger partial charge in [-0.15, -0.1) is 11.8 Å². The summed E-state index contributed by atoms with van der Waals surface area (Å²) < 4.78 is 5.40. The number of rotatable bonds is 2. The molecule has 1 fully saturated rings. The van der Waals surface area contributed by atoms with E-state index in [1.165, 1.54) is 4.90 Å². The van der Waals surface area contributed by atoms with Gasteiger partial charge in [0.05, 0.1) is 5.52 Å². The zero-order valence-electron chi connectivity index (χ0n) is 10.1. The largest absolute Gasteiger partial charge is 0.398 e. The highest BCUT2D eigenvalue weighted by Gasteiger charge is 2.16. The van der Waals surface area contributed by atoms with Crippen molar-refractivity contribution in [2.45, 2.75) is 23.0 Å². The van der Waals surface area contributed by atoms with Gasteiger partial charge in [0.1, 0.15) is 0 Å². The smallest absolute Gasteiger partial charge is 0.0858 e. The second-order valence-corrected chi connectivity index (χ2v) is 5.82. The average Bonchev–Trinajstić information content (AvgIpc) is 2.44. The monoisotopic (exact) mass is 260 g/mol. The van der Waals surface area contributed by atoms with Gasteiger partial charge < -0.3 is 10.5 Å². The minimum absolute atomic E-state index is 0.632. The molecule has 2 heterocycles. The molecule has 0 amide bonds. The van der Waals surface area contributed by atoms with Gasteiger partial charge in [0.2, 0.25) is 0 Å². The molecule has 0 spiro atoms. The highest BCUT2D eigenvalue weighted by molar-refractivity contribution is 8.00. The van der Waals surface area contributed by atoms with E-state index < -0.39 is 0 Å². The Kier molecular flexibility index (Phi) is 3.39. The van der Waals surface area contributed by atoms with E-state index in [0.717, 1.165) is 42.6 Å². The Bertz CT molecular complexity index is 552. The Balaban J connectivity index is 1.94. The molecule has 2 N–H and O–H groups in total. The number of hydrogen-bond donors (Lipinski definition) is 1. The zero-order valence-corrected chi connectivity index (χ0v) is 11.0. The highest BCUT2D eigenvalue weighted by atomic mass is 32.2. The van der Waals surface area contributed by atoms with Gasteiger partial charge >= 0.3 is 0 Å². The maximum atomic E-state index is 5.99. The van der Waals surface area contributed by atoms with Gasteiger partial charge in [-0.3, -0.25) is 4.98 Å². The molecule has 0 unspecified atom stereocenters. The lowest BCUT2D eigenvalue weighted by atomic mass is 10.2. The van der Waals surface area contributed by atoms with E-state index in [1.807, 2.05) is 36.2 Å². The fourth-order valence-corrected chi connectivity index (χ4v) is 3.45.